The van der Waals surface area contributed by atoms with Gasteiger partial charge in [-0.25, -0.2) is 0 Å². The van der Waals surface area contributed by atoms with Crippen molar-refractivity contribution in [1.82, 2.24) is 0 Å². The van der Waals surface area contributed by atoms with Gasteiger partial charge in [-0.3, -0.25) is 9.59 Å². The second-order valence-corrected chi connectivity index (χ2v) is 7.90. The van der Waals surface area contributed by atoms with Crippen molar-refractivity contribution in [2.75, 3.05) is 0 Å². The maximum absolute atomic E-state index is 13.4. The minimum atomic E-state index is -4.61. The molecule has 0 saturated carbocycles. The van der Waals surface area contributed by atoms with Gasteiger partial charge in [0.15, 0.2) is 0 Å². The van der Waals surface area contributed by atoms with E-state index in [0.29, 0.717) is 27.8 Å². The van der Waals surface area contributed by atoms with Gasteiger partial charge in [-0.1, -0.05) is 25.0 Å². The average Bonchev–Trinajstić information content (AvgIpc) is 2.67. The highest BCUT2D eigenvalue weighted by atomic mass is 32.2. The number of alkyl halides is 3. The summed E-state index contributed by atoms with van der Waals surface area (Å²) >= 11 is 1.68. The third kappa shape index (κ3) is 6.70. The standard InChI is InChI=1S/C22H15F3O2S2/c1-4-20(26)28-18-12-9-16(19(13-18)22(23,24)25)8-5-15-6-10-17(11-7-15)29-21(27)14(2)3/h4,6-7,9-13H,1-2H2,3H3. The van der Waals surface area contributed by atoms with Crippen LogP contribution < -0.4 is 0 Å². The first-order chi connectivity index (χ1) is 13.6. The molecule has 0 radical (unpaired) electrons. The lowest BCUT2D eigenvalue weighted by Gasteiger charge is -2.10. The Morgan fingerprint density at radius 1 is 1.00 bits per heavy atom. The molecule has 0 spiro atoms. The van der Waals surface area contributed by atoms with Crippen LogP contribution in [0.5, 0.6) is 0 Å². The molecule has 7 heteroatoms. The predicted molar refractivity (Wildman–Crippen MR) is 111 cm³/mol. The lowest BCUT2D eigenvalue weighted by atomic mass is 10.1. The molecule has 0 amide bonds. The molecule has 0 aliphatic rings. The highest BCUT2D eigenvalue weighted by Crippen LogP contribution is 2.34. The molecule has 0 bridgehead atoms. The van der Waals surface area contributed by atoms with Gasteiger partial charge in [-0.05, 0) is 84.6 Å². The Balaban J connectivity index is 2.29. The zero-order valence-electron chi connectivity index (χ0n) is 15.3. The summed E-state index contributed by atoms with van der Waals surface area (Å²) < 4.78 is 40.2. The van der Waals surface area contributed by atoms with Crippen LogP contribution in [0, 0.1) is 11.8 Å². The van der Waals surface area contributed by atoms with E-state index in [1.54, 1.807) is 31.2 Å². The number of rotatable bonds is 4. The van der Waals surface area contributed by atoms with E-state index in [0.717, 1.165) is 23.9 Å². The van der Waals surface area contributed by atoms with Crippen LogP contribution in [0.2, 0.25) is 0 Å². The van der Waals surface area contributed by atoms with Crippen molar-refractivity contribution in [3.63, 3.8) is 0 Å². The van der Waals surface area contributed by atoms with Crippen LogP contribution in [0.4, 0.5) is 13.2 Å². The average molecular weight is 432 g/mol. The van der Waals surface area contributed by atoms with E-state index < -0.39 is 16.9 Å². The van der Waals surface area contributed by atoms with Crippen LogP contribution in [-0.4, -0.2) is 10.2 Å². The first-order valence-electron chi connectivity index (χ1n) is 8.15. The lowest BCUT2D eigenvalue weighted by Crippen LogP contribution is -2.08. The quantitative estimate of drug-likeness (QED) is 0.332. The van der Waals surface area contributed by atoms with E-state index in [-0.39, 0.29) is 15.6 Å². The van der Waals surface area contributed by atoms with Gasteiger partial charge in [0.1, 0.15) is 0 Å². The monoisotopic (exact) mass is 432 g/mol. The van der Waals surface area contributed by atoms with E-state index >= 15 is 0 Å². The minimum Gasteiger partial charge on any atom is -0.282 e. The summed E-state index contributed by atoms with van der Waals surface area (Å²) in [7, 11) is 0. The zero-order valence-corrected chi connectivity index (χ0v) is 16.9. The predicted octanol–water partition coefficient (Wildman–Crippen LogP) is 6.10. The largest absolute Gasteiger partial charge is 0.417 e. The van der Waals surface area contributed by atoms with Gasteiger partial charge in [0.25, 0.3) is 0 Å². The topological polar surface area (TPSA) is 34.1 Å². The van der Waals surface area contributed by atoms with Crippen LogP contribution in [-0.2, 0) is 15.8 Å². The Hall–Kier alpha value is -2.69. The Labute approximate surface area is 175 Å². The smallest absolute Gasteiger partial charge is 0.282 e. The van der Waals surface area contributed by atoms with Gasteiger partial charge in [-0.15, -0.1) is 0 Å². The van der Waals surface area contributed by atoms with E-state index in [9.17, 15) is 22.8 Å². The molecule has 0 atom stereocenters. The van der Waals surface area contributed by atoms with Gasteiger partial charge in [0.05, 0.1) is 5.56 Å². The third-order valence-corrected chi connectivity index (χ3v) is 5.34. The highest BCUT2D eigenvalue weighted by Gasteiger charge is 2.33. The van der Waals surface area contributed by atoms with E-state index in [2.05, 4.69) is 25.0 Å². The van der Waals surface area contributed by atoms with Gasteiger partial charge >= 0.3 is 6.18 Å². The van der Waals surface area contributed by atoms with Crippen LogP contribution in [0.1, 0.15) is 23.6 Å². The zero-order chi connectivity index (χ0) is 21.6. The summed E-state index contributed by atoms with van der Waals surface area (Å²) in [5, 5.41) is -0.605. The lowest BCUT2D eigenvalue weighted by molar-refractivity contribution is -0.138. The number of carbonyl (C=O) groups excluding carboxylic acids is 2. The summed E-state index contributed by atoms with van der Waals surface area (Å²) in [6, 6.07) is 10.1. The minimum absolute atomic E-state index is 0.161. The number of hydrogen-bond donors (Lipinski definition) is 0. The molecular weight excluding hydrogens is 417 g/mol. The fourth-order valence-corrected chi connectivity index (χ4v) is 3.32. The van der Waals surface area contributed by atoms with Crippen molar-refractivity contribution >= 4 is 33.8 Å². The molecule has 148 valence electrons. The number of halogens is 3. The van der Waals surface area contributed by atoms with Crippen molar-refractivity contribution in [2.45, 2.75) is 22.9 Å². The second kappa shape index (κ2) is 9.68. The third-order valence-electron chi connectivity index (χ3n) is 3.44. The van der Waals surface area contributed by atoms with Crippen LogP contribution in [0.3, 0.4) is 0 Å². The van der Waals surface area contributed by atoms with E-state index in [1.165, 1.54) is 12.1 Å². The van der Waals surface area contributed by atoms with Crippen molar-refractivity contribution in [3.05, 3.63) is 84.0 Å². The van der Waals surface area contributed by atoms with Crippen molar-refractivity contribution < 1.29 is 22.8 Å². The van der Waals surface area contributed by atoms with Crippen molar-refractivity contribution in [3.8, 4) is 11.8 Å². The second-order valence-electron chi connectivity index (χ2n) is 5.77. The molecule has 29 heavy (non-hydrogen) atoms. The molecule has 0 fully saturated rings. The maximum Gasteiger partial charge on any atom is 0.417 e. The molecule has 0 aromatic heterocycles. The first-order valence-corrected chi connectivity index (χ1v) is 9.78. The number of carbonyl (C=O) groups is 2. The van der Waals surface area contributed by atoms with Gasteiger partial charge in [0.2, 0.25) is 10.2 Å². The Bertz CT molecular complexity index is 1030. The number of benzene rings is 2. The molecule has 0 aliphatic carbocycles. The molecule has 2 nitrogen and oxygen atoms in total. The number of hydrogen-bond acceptors (Lipinski definition) is 4. The summed E-state index contributed by atoms with van der Waals surface area (Å²) in [5.41, 5.74) is -0.171. The van der Waals surface area contributed by atoms with Gasteiger partial charge in [0, 0.05) is 20.9 Å². The van der Waals surface area contributed by atoms with Crippen molar-refractivity contribution in [2.24, 2.45) is 0 Å². The summed E-state index contributed by atoms with van der Waals surface area (Å²) in [6.45, 7) is 8.49. The first kappa shape index (κ1) is 22.6. The molecule has 0 aliphatic heterocycles. The van der Waals surface area contributed by atoms with Crippen molar-refractivity contribution in [1.29, 1.82) is 0 Å². The molecule has 0 N–H and O–H groups in total. The molecule has 2 aromatic rings. The molecule has 0 unspecified atom stereocenters. The van der Waals surface area contributed by atoms with Gasteiger partial charge < -0.3 is 0 Å². The van der Waals surface area contributed by atoms with E-state index in [1.807, 2.05) is 0 Å². The molecule has 2 aromatic carbocycles. The maximum atomic E-state index is 13.4. The SMILES string of the molecule is C=CC(=O)Sc1ccc(C#Cc2ccc(SC(=O)C(=C)C)cc2)c(C(F)(F)F)c1. The molecule has 2 rings (SSSR count). The Morgan fingerprint density at radius 2 is 1.62 bits per heavy atom. The molecule has 0 heterocycles. The fourth-order valence-electron chi connectivity index (χ4n) is 2.03. The Morgan fingerprint density at radius 3 is 2.17 bits per heavy atom. The normalized spacial score (nSPS) is 10.6. The summed E-state index contributed by atoms with van der Waals surface area (Å²) in [6.07, 6.45) is -3.57. The van der Waals surface area contributed by atoms with Gasteiger partial charge in [-0.2, -0.15) is 13.2 Å². The summed E-state index contributed by atoms with van der Waals surface area (Å²) in [4.78, 5) is 23.9. The fraction of sp³-hybridized carbons (Fsp3) is 0.0909. The van der Waals surface area contributed by atoms with Crippen LogP contribution in [0.15, 0.2) is 77.1 Å². The van der Waals surface area contributed by atoms with E-state index in [4.69, 9.17) is 0 Å². The summed E-state index contributed by atoms with van der Waals surface area (Å²) in [5.74, 6) is 5.23. The molecular formula is C22H15F3O2S2. The Kier molecular flexibility index (Phi) is 7.54. The highest BCUT2D eigenvalue weighted by molar-refractivity contribution is 8.14. The molecule has 0 saturated heterocycles. The van der Waals surface area contributed by atoms with Crippen LogP contribution >= 0.6 is 23.5 Å². The van der Waals surface area contributed by atoms with Crippen LogP contribution in [0.25, 0.3) is 0 Å². The number of thioether (sulfide) groups is 2.